The molecule has 0 aliphatic rings. The van der Waals surface area contributed by atoms with Crippen molar-refractivity contribution in [3.63, 3.8) is 0 Å². The van der Waals surface area contributed by atoms with E-state index in [0.717, 1.165) is 0 Å². The van der Waals surface area contributed by atoms with Gasteiger partial charge in [-0.1, -0.05) is 31.5 Å². The van der Waals surface area contributed by atoms with Crippen LogP contribution in [0, 0.1) is 11.2 Å². The molecule has 6 nitrogen and oxygen atoms in total. The van der Waals surface area contributed by atoms with Gasteiger partial charge < -0.3 is 16.0 Å². The van der Waals surface area contributed by atoms with Crippen LogP contribution in [0.2, 0.25) is 5.02 Å². The first-order valence-corrected chi connectivity index (χ1v) is 9.68. The molecule has 0 aliphatic carbocycles. The molecule has 8 heteroatoms. The molecule has 0 atom stereocenters. The van der Waals surface area contributed by atoms with Crippen molar-refractivity contribution in [3.8, 4) is 0 Å². The molecule has 0 saturated heterocycles. The zero-order valence-corrected chi connectivity index (χ0v) is 17.3. The van der Waals surface area contributed by atoms with Gasteiger partial charge in [0.25, 0.3) is 16.8 Å². The third-order valence-corrected chi connectivity index (χ3v) is 4.83. The lowest BCUT2D eigenvalue weighted by atomic mass is 9.93. The molecule has 0 aliphatic heterocycles. The van der Waals surface area contributed by atoms with Crippen molar-refractivity contribution in [1.29, 1.82) is 0 Å². The van der Waals surface area contributed by atoms with Gasteiger partial charge >= 0.3 is 0 Å². The number of hydrogen-bond donors (Lipinski definition) is 3. The summed E-state index contributed by atoms with van der Waals surface area (Å²) in [5, 5.41) is 9.16. The Hall–Kier alpha value is -3.19. The fourth-order valence-corrected chi connectivity index (χ4v) is 2.93. The Morgan fingerprint density at radius 2 is 1.67 bits per heavy atom. The van der Waals surface area contributed by atoms with Crippen molar-refractivity contribution in [3.05, 3.63) is 85.4 Å². The van der Waals surface area contributed by atoms with Crippen molar-refractivity contribution in [2.75, 3.05) is 23.7 Å². The molecular weight excluding hydrogens is 409 g/mol. The van der Waals surface area contributed by atoms with E-state index < -0.39 is 22.1 Å². The van der Waals surface area contributed by atoms with E-state index in [4.69, 9.17) is 11.6 Å². The van der Waals surface area contributed by atoms with E-state index in [-0.39, 0.29) is 17.3 Å². The summed E-state index contributed by atoms with van der Waals surface area (Å²) in [6.45, 7) is 4.49. The number of rotatable bonds is 8. The van der Waals surface area contributed by atoms with Gasteiger partial charge in [0.2, 0.25) is 0 Å². The molecule has 0 spiro atoms. The average molecular weight is 430 g/mol. The lowest BCUT2D eigenvalue weighted by molar-refractivity contribution is 0.0938. The summed E-state index contributed by atoms with van der Waals surface area (Å²) >= 11 is 5.83. The topological polar surface area (TPSA) is 87.3 Å². The highest BCUT2D eigenvalue weighted by atomic mass is 35.5. The summed E-state index contributed by atoms with van der Waals surface area (Å²) < 4.78 is 13.3. The first-order chi connectivity index (χ1) is 14.2. The maximum Gasteiger partial charge on any atom is 0.253 e. The molecule has 0 saturated carbocycles. The van der Waals surface area contributed by atoms with Crippen molar-refractivity contribution < 1.29 is 9.18 Å². The van der Waals surface area contributed by atoms with Crippen LogP contribution in [0.15, 0.2) is 58.1 Å². The van der Waals surface area contributed by atoms with Gasteiger partial charge in [0.15, 0.2) is 0 Å². The first kappa shape index (κ1) is 21.5. The molecule has 0 fully saturated rings. The maximum atomic E-state index is 13.3. The number of hydrogen-bond acceptors (Lipinski definition) is 5. The van der Waals surface area contributed by atoms with E-state index >= 15 is 0 Å². The normalized spacial score (nSPS) is 11.3. The van der Waals surface area contributed by atoms with Crippen LogP contribution in [0.1, 0.15) is 24.2 Å². The fourth-order valence-electron chi connectivity index (χ4n) is 2.80. The Morgan fingerprint density at radius 3 is 2.33 bits per heavy atom. The molecule has 3 aromatic rings. The molecule has 0 unspecified atom stereocenters. The van der Waals surface area contributed by atoms with Crippen LogP contribution in [0.4, 0.5) is 21.5 Å². The van der Waals surface area contributed by atoms with Gasteiger partial charge in [-0.25, -0.2) is 4.39 Å². The number of halogens is 2. The van der Waals surface area contributed by atoms with Gasteiger partial charge in [-0.3, -0.25) is 14.4 Å². The SMILES string of the molecule is CC(C)(CNC(=O)c1ccc(Cl)cc1)CNc1c(Nc2cccc(F)c2)c(=O)c1=O. The summed E-state index contributed by atoms with van der Waals surface area (Å²) in [5.74, 6) is -0.687. The predicted molar refractivity (Wildman–Crippen MR) is 117 cm³/mol. The first-order valence-electron chi connectivity index (χ1n) is 9.30. The Kier molecular flexibility index (Phi) is 6.22. The summed E-state index contributed by atoms with van der Waals surface area (Å²) in [6, 6.07) is 12.2. The Balaban J connectivity index is 1.60. The maximum absolute atomic E-state index is 13.3. The molecule has 156 valence electrons. The number of nitrogens with one attached hydrogen (secondary N) is 3. The van der Waals surface area contributed by atoms with E-state index in [1.807, 2.05) is 13.8 Å². The van der Waals surface area contributed by atoms with Crippen LogP contribution in [-0.2, 0) is 0 Å². The predicted octanol–water partition coefficient (Wildman–Crippen LogP) is 3.69. The molecule has 30 heavy (non-hydrogen) atoms. The standard InChI is InChI=1S/C22H21ClFN3O3/c1-22(2,12-26-21(30)13-6-8-14(23)9-7-13)11-25-17-18(20(29)19(17)28)27-16-5-3-4-15(24)10-16/h3-10,25,27H,11-12H2,1-2H3,(H,26,30). The van der Waals surface area contributed by atoms with Crippen molar-refractivity contribution in [2.45, 2.75) is 13.8 Å². The molecular formula is C22H21ClFN3O3. The molecule has 0 radical (unpaired) electrons. The number of carbonyl (C=O) groups is 1. The average Bonchev–Trinajstić information content (AvgIpc) is 2.71. The highest BCUT2D eigenvalue weighted by Gasteiger charge is 2.25. The van der Waals surface area contributed by atoms with Gasteiger partial charge in [0.1, 0.15) is 17.2 Å². The van der Waals surface area contributed by atoms with Crippen molar-refractivity contribution in [1.82, 2.24) is 5.32 Å². The zero-order valence-electron chi connectivity index (χ0n) is 16.5. The van der Waals surface area contributed by atoms with Crippen molar-refractivity contribution >= 4 is 34.6 Å². The molecule has 3 rings (SSSR count). The van der Waals surface area contributed by atoms with Gasteiger partial charge in [0, 0.05) is 29.4 Å². The zero-order chi connectivity index (χ0) is 21.9. The van der Waals surface area contributed by atoms with E-state index in [1.165, 1.54) is 18.2 Å². The highest BCUT2D eigenvalue weighted by molar-refractivity contribution is 6.30. The quantitative estimate of drug-likeness (QED) is 0.475. The van der Waals surface area contributed by atoms with Crippen LogP contribution in [-0.4, -0.2) is 19.0 Å². The molecule has 0 aromatic heterocycles. The van der Waals surface area contributed by atoms with Crippen LogP contribution in [0.5, 0.6) is 0 Å². The highest BCUT2D eigenvalue weighted by Crippen LogP contribution is 2.23. The summed E-state index contributed by atoms with van der Waals surface area (Å²) in [6.07, 6.45) is 0. The largest absolute Gasteiger partial charge is 0.379 e. The van der Waals surface area contributed by atoms with Crippen LogP contribution < -0.4 is 26.8 Å². The minimum Gasteiger partial charge on any atom is -0.379 e. The van der Waals surface area contributed by atoms with Crippen LogP contribution >= 0.6 is 11.6 Å². The lowest BCUT2D eigenvalue weighted by Crippen LogP contribution is -2.41. The van der Waals surface area contributed by atoms with Crippen LogP contribution in [0.3, 0.4) is 0 Å². The second-order valence-corrected chi connectivity index (χ2v) is 8.19. The third kappa shape index (κ3) is 5.04. The van der Waals surface area contributed by atoms with Gasteiger partial charge in [0.05, 0.1) is 0 Å². The second kappa shape index (κ2) is 8.67. The third-order valence-electron chi connectivity index (χ3n) is 4.58. The summed E-state index contributed by atoms with van der Waals surface area (Å²) in [7, 11) is 0. The lowest BCUT2D eigenvalue weighted by Gasteiger charge is -2.27. The van der Waals surface area contributed by atoms with Crippen molar-refractivity contribution in [2.24, 2.45) is 5.41 Å². The molecule has 1 amide bonds. The Bertz CT molecular complexity index is 1140. The summed E-state index contributed by atoms with van der Waals surface area (Å²) in [4.78, 5) is 36.1. The minimum absolute atomic E-state index is 0.103. The second-order valence-electron chi connectivity index (χ2n) is 7.75. The fraction of sp³-hybridized carbons (Fsp3) is 0.227. The molecule has 0 heterocycles. The van der Waals surface area contributed by atoms with Gasteiger partial charge in [-0.05, 0) is 47.9 Å². The van der Waals surface area contributed by atoms with E-state index in [1.54, 1.807) is 30.3 Å². The monoisotopic (exact) mass is 429 g/mol. The number of carbonyl (C=O) groups excluding carboxylic acids is 1. The number of anilines is 3. The van der Waals surface area contributed by atoms with Crippen LogP contribution in [0.25, 0.3) is 0 Å². The number of amides is 1. The van der Waals surface area contributed by atoms with E-state index in [2.05, 4.69) is 16.0 Å². The molecule has 0 bridgehead atoms. The number of benzene rings is 2. The Labute approximate surface area is 177 Å². The minimum atomic E-state index is -0.657. The smallest absolute Gasteiger partial charge is 0.253 e. The summed E-state index contributed by atoms with van der Waals surface area (Å²) in [5.41, 5.74) is -0.580. The Morgan fingerprint density at radius 1 is 1.00 bits per heavy atom. The molecule has 3 N–H and O–H groups in total. The van der Waals surface area contributed by atoms with Gasteiger partial charge in [-0.2, -0.15) is 0 Å². The van der Waals surface area contributed by atoms with E-state index in [9.17, 15) is 18.8 Å². The van der Waals surface area contributed by atoms with Gasteiger partial charge in [-0.15, -0.1) is 0 Å². The van der Waals surface area contributed by atoms with E-state index in [0.29, 0.717) is 29.4 Å². The molecule has 3 aromatic carbocycles.